The van der Waals surface area contributed by atoms with Gasteiger partial charge in [0.2, 0.25) is 0 Å². The molecule has 2 aliphatic rings. The first-order valence-corrected chi connectivity index (χ1v) is 7.62. The Hall–Kier alpha value is 0. The zero-order valence-corrected chi connectivity index (χ0v) is 14.8. The molecule has 0 heterocycles. The van der Waals surface area contributed by atoms with Crippen LogP contribution in [0.15, 0.2) is 4.99 Å². The monoisotopic (exact) mass is 379 g/mol. The van der Waals surface area contributed by atoms with Crippen LogP contribution in [-0.4, -0.2) is 19.0 Å². The van der Waals surface area contributed by atoms with Gasteiger partial charge in [-0.15, -0.1) is 24.0 Å². The topological polar surface area (TPSA) is 50.4 Å². The Morgan fingerprint density at radius 1 is 1.16 bits per heavy atom. The van der Waals surface area contributed by atoms with Crippen LogP contribution in [0.2, 0.25) is 0 Å². The van der Waals surface area contributed by atoms with Crippen molar-refractivity contribution in [3.05, 3.63) is 0 Å². The third-order valence-corrected chi connectivity index (χ3v) is 4.91. The molecule has 0 saturated heterocycles. The smallest absolute Gasteiger partial charge is 0.188 e. The number of nitrogens with two attached hydrogens (primary N) is 1. The molecule has 4 heteroatoms. The summed E-state index contributed by atoms with van der Waals surface area (Å²) in [5.41, 5.74) is 6.25. The normalized spacial score (nSPS) is 21.9. The summed E-state index contributed by atoms with van der Waals surface area (Å²) < 4.78 is 0. The minimum atomic E-state index is 0. The van der Waals surface area contributed by atoms with Crippen LogP contribution in [0.5, 0.6) is 0 Å². The Balaban J connectivity index is 0.00000180. The minimum Gasteiger partial charge on any atom is -0.370 e. The largest absolute Gasteiger partial charge is 0.370 e. The quantitative estimate of drug-likeness (QED) is 0.436. The van der Waals surface area contributed by atoms with Crippen LogP contribution in [0.25, 0.3) is 0 Å². The second-order valence-electron chi connectivity index (χ2n) is 6.85. The average molecular weight is 379 g/mol. The van der Waals surface area contributed by atoms with Crippen LogP contribution in [0, 0.1) is 17.3 Å². The van der Waals surface area contributed by atoms with Crippen molar-refractivity contribution in [2.75, 3.05) is 13.1 Å². The molecule has 0 unspecified atom stereocenters. The van der Waals surface area contributed by atoms with Crippen molar-refractivity contribution in [2.24, 2.45) is 28.0 Å². The van der Waals surface area contributed by atoms with E-state index in [9.17, 15) is 0 Å². The van der Waals surface area contributed by atoms with Gasteiger partial charge in [-0.05, 0) is 42.9 Å². The Bertz CT molecular complexity index is 292. The van der Waals surface area contributed by atoms with Crippen molar-refractivity contribution >= 4 is 29.9 Å². The minimum absolute atomic E-state index is 0. The Morgan fingerprint density at radius 2 is 1.79 bits per heavy atom. The number of halogens is 1. The van der Waals surface area contributed by atoms with Crippen molar-refractivity contribution in [1.82, 2.24) is 5.32 Å². The van der Waals surface area contributed by atoms with Crippen molar-refractivity contribution in [3.63, 3.8) is 0 Å². The standard InChI is InChI=1S/C15H29N3.HI/c1-15(2,13-8-3-4-9-13)11-18-14(16)17-10-12-6-5-7-12;/h12-13H,3-11H2,1-2H3,(H3,16,17,18);1H. The molecule has 2 aliphatic carbocycles. The van der Waals surface area contributed by atoms with Gasteiger partial charge in [0, 0.05) is 13.1 Å². The van der Waals surface area contributed by atoms with Crippen molar-refractivity contribution in [1.29, 1.82) is 0 Å². The summed E-state index contributed by atoms with van der Waals surface area (Å²) in [6.45, 7) is 6.55. The van der Waals surface area contributed by atoms with Crippen molar-refractivity contribution < 1.29 is 0 Å². The summed E-state index contributed by atoms with van der Waals surface area (Å²) in [5, 5.41) is 3.28. The molecule has 0 aromatic heterocycles. The summed E-state index contributed by atoms with van der Waals surface area (Å²) in [6, 6.07) is 0. The van der Waals surface area contributed by atoms with Crippen LogP contribution in [-0.2, 0) is 0 Å². The van der Waals surface area contributed by atoms with Crippen molar-refractivity contribution in [2.45, 2.75) is 58.8 Å². The van der Waals surface area contributed by atoms with Gasteiger partial charge in [-0.25, -0.2) is 0 Å². The lowest BCUT2D eigenvalue weighted by Gasteiger charge is -2.30. The number of hydrogen-bond donors (Lipinski definition) is 2. The maximum absolute atomic E-state index is 5.95. The molecule has 3 N–H and O–H groups in total. The van der Waals surface area contributed by atoms with E-state index >= 15 is 0 Å². The van der Waals surface area contributed by atoms with Crippen LogP contribution in [0.4, 0.5) is 0 Å². The lowest BCUT2D eigenvalue weighted by atomic mass is 9.78. The highest BCUT2D eigenvalue weighted by Crippen LogP contribution is 2.39. The molecule has 0 aromatic carbocycles. The van der Waals surface area contributed by atoms with Gasteiger partial charge in [0.1, 0.15) is 0 Å². The van der Waals surface area contributed by atoms with Crippen molar-refractivity contribution in [3.8, 4) is 0 Å². The summed E-state index contributed by atoms with van der Waals surface area (Å²) in [4.78, 5) is 4.55. The maximum Gasteiger partial charge on any atom is 0.188 e. The first-order valence-electron chi connectivity index (χ1n) is 7.62. The van der Waals surface area contributed by atoms with Crippen LogP contribution < -0.4 is 11.1 Å². The molecular weight excluding hydrogens is 349 g/mol. The lowest BCUT2D eigenvalue weighted by molar-refractivity contribution is 0.227. The van der Waals surface area contributed by atoms with Gasteiger partial charge in [-0.2, -0.15) is 0 Å². The SMILES string of the molecule is CC(C)(CN=C(N)NCC1CCC1)C1CCCC1.I. The van der Waals surface area contributed by atoms with E-state index in [0.717, 1.165) is 24.9 Å². The first-order chi connectivity index (χ1) is 8.58. The molecule has 0 aromatic rings. The Kier molecular flexibility index (Phi) is 6.91. The van der Waals surface area contributed by atoms with E-state index in [1.807, 2.05) is 0 Å². The maximum atomic E-state index is 5.95. The van der Waals surface area contributed by atoms with E-state index in [0.29, 0.717) is 11.4 Å². The van der Waals surface area contributed by atoms with Gasteiger partial charge in [0.05, 0.1) is 0 Å². The third kappa shape index (κ3) is 5.12. The molecule has 0 aliphatic heterocycles. The summed E-state index contributed by atoms with van der Waals surface area (Å²) in [7, 11) is 0. The predicted molar refractivity (Wildman–Crippen MR) is 93.0 cm³/mol. The molecule has 3 nitrogen and oxygen atoms in total. The zero-order valence-electron chi connectivity index (χ0n) is 12.5. The zero-order chi connectivity index (χ0) is 13.0. The van der Waals surface area contributed by atoms with Crippen LogP contribution in [0.1, 0.15) is 58.8 Å². The lowest BCUT2D eigenvalue weighted by Crippen LogP contribution is -2.38. The average Bonchev–Trinajstić information content (AvgIpc) is 2.78. The molecule has 0 atom stereocenters. The predicted octanol–water partition coefficient (Wildman–Crippen LogP) is 3.53. The number of hydrogen-bond acceptors (Lipinski definition) is 1. The van der Waals surface area contributed by atoms with Gasteiger partial charge in [-0.3, -0.25) is 4.99 Å². The summed E-state index contributed by atoms with van der Waals surface area (Å²) in [6.07, 6.45) is 9.64. The molecular formula is C15H30IN3. The molecule has 2 saturated carbocycles. The van der Waals surface area contributed by atoms with E-state index in [1.54, 1.807) is 0 Å². The molecule has 2 rings (SSSR count). The van der Waals surface area contributed by atoms with Gasteiger partial charge in [-0.1, -0.05) is 33.1 Å². The van der Waals surface area contributed by atoms with E-state index in [4.69, 9.17) is 5.73 Å². The van der Waals surface area contributed by atoms with E-state index in [2.05, 4.69) is 24.2 Å². The number of nitrogens with zero attached hydrogens (tertiary/aromatic N) is 1. The fraction of sp³-hybridized carbons (Fsp3) is 0.933. The number of nitrogens with one attached hydrogen (secondary N) is 1. The molecule has 0 amide bonds. The molecule has 0 bridgehead atoms. The Labute approximate surface area is 135 Å². The number of aliphatic imine (C=N–C) groups is 1. The number of rotatable bonds is 5. The van der Waals surface area contributed by atoms with Gasteiger partial charge >= 0.3 is 0 Å². The number of guanidine groups is 1. The highest BCUT2D eigenvalue weighted by molar-refractivity contribution is 14.0. The van der Waals surface area contributed by atoms with Gasteiger partial charge in [0.25, 0.3) is 0 Å². The summed E-state index contributed by atoms with van der Waals surface area (Å²) >= 11 is 0. The van der Waals surface area contributed by atoms with Gasteiger partial charge in [0.15, 0.2) is 5.96 Å². The highest BCUT2D eigenvalue weighted by Gasteiger charge is 2.31. The third-order valence-electron chi connectivity index (χ3n) is 4.91. The highest BCUT2D eigenvalue weighted by atomic mass is 127. The fourth-order valence-electron chi connectivity index (χ4n) is 3.13. The fourth-order valence-corrected chi connectivity index (χ4v) is 3.13. The molecule has 19 heavy (non-hydrogen) atoms. The van der Waals surface area contributed by atoms with E-state index in [1.165, 1.54) is 44.9 Å². The summed E-state index contributed by atoms with van der Waals surface area (Å²) in [5.74, 6) is 2.32. The Morgan fingerprint density at radius 3 is 2.32 bits per heavy atom. The molecule has 2 fully saturated rings. The van der Waals surface area contributed by atoms with Gasteiger partial charge < -0.3 is 11.1 Å². The second kappa shape index (κ2) is 7.70. The molecule has 0 spiro atoms. The molecule has 112 valence electrons. The van der Waals surface area contributed by atoms with Crippen LogP contribution in [0.3, 0.4) is 0 Å². The van der Waals surface area contributed by atoms with E-state index < -0.39 is 0 Å². The van der Waals surface area contributed by atoms with Crippen LogP contribution >= 0.6 is 24.0 Å². The molecule has 0 radical (unpaired) electrons. The van der Waals surface area contributed by atoms with E-state index in [-0.39, 0.29) is 24.0 Å². The first kappa shape index (κ1) is 17.1. The second-order valence-corrected chi connectivity index (χ2v) is 6.85.